The molecule has 1 saturated heterocycles. The van der Waals surface area contributed by atoms with Crippen LogP contribution in [0.2, 0.25) is 0 Å². The first-order valence-corrected chi connectivity index (χ1v) is 11.6. The Morgan fingerprint density at radius 1 is 0.882 bits per heavy atom. The van der Waals surface area contributed by atoms with Crippen LogP contribution >= 0.6 is 0 Å². The summed E-state index contributed by atoms with van der Waals surface area (Å²) in [5.74, 6) is -0.489. The molecule has 0 saturated carbocycles. The van der Waals surface area contributed by atoms with E-state index in [1.165, 1.54) is 0 Å². The van der Waals surface area contributed by atoms with Gasteiger partial charge in [-0.15, -0.1) is 0 Å². The minimum absolute atomic E-state index is 0.0112. The Hall–Kier alpha value is -3.93. The molecule has 0 aromatic heterocycles. The highest BCUT2D eigenvalue weighted by atomic mass is 16.2. The van der Waals surface area contributed by atoms with Crippen LogP contribution in [-0.2, 0) is 9.59 Å². The molecule has 1 fully saturated rings. The molecule has 3 aromatic carbocycles. The van der Waals surface area contributed by atoms with E-state index in [0.717, 1.165) is 23.2 Å². The molecule has 0 spiro atoms. The van der Waals surface area contributed by atoms with Crippen LogP contribution in [0, 0.1) is 0 Å². The van der Waals surface area contributed by atoms with Crippen LogP contribution in [0.1, 0.15) is 47.2 Å². The number of hydrogen-bond acceptors (Lipinski definition) is 3. The first-order valence-electron chi connectivity index (χ1n) is 11.6. The number of benzene rings is 3. The van der Waals surface area contributed by atoms with Crippen molar-refractivity contribution in [2.24, 2.45) is 0 Å². The molecular weight excluding hydrogens is 426 g/mol. The summed E-state index contributed by atoms with van der Waals surface area (Å²) in [6.45, 7) is 2.56. The van der Waals surface area contributed by atoms with Gasteiger partial charge in [0.15, 0.2) is 0 Å². The van der Waals surface area contributed by atoms with Gasteiger partial charge in [-0.2, -0.15) is 0 Å². The monoisotopic (exact) mass is 455 g/mol. The van der Waals surface area contributed by atoms with Crippen LogP contribution in [0.4, 0.5) is 5.69 Å². The molecule has 34 heavy (non-hydrogen) atoms. The van der Waals surface area contributed by atoms with Crippen LogP contribution < -0.4 is 15.5 Å². The third kappa shape index (κ3) is 5.52. The lowest BCUT2D eigenvalue weighted by Crippen LogP contribution is -2.43. The Morgan fingerprint density at radius 3 is 2.00 bits per heavy atom. The van der Waals surface area contributed by atoms with Crippen molar-refractivity contribution in [3.63, 3.8) is 0 Å². The zero-order valence-corrected chi connectivity index (χ0v) is 19.2. The average molecular weight is 456 g/mol. The quantitative estimate of drug-likeness (QED) is 0.541. The van der Waals surface area contributed by atoms with Gasteiger partial charge in [0.1, 0.15) is 0 Å². The van der Waals surface area contributed by atoms with E-state index in [9.17, 15) is 14.4 Å². The predicted octanol–water partition coefficient (Wildman–Crippen LogP) is 3.88. The van der Waals surface area contributed by atoms with Crippen LogP contribution in [0.15, 0.2) is 84.9 Å². The molecule has 1 heterocycles. The van der Waals surface area contributed by atoms with Gasteiger partial charge in [0.25, 0.3) is 5.91 Å². The molecule has 1 unspecified atom stereocenters. The third-order valence-electron chi connectivity index (χ3n) is 6.13. The summed E-state index contributed by atoms with van der Waals surface area (Å²) in [4.78, 5) is 38.8. The maximum Gasteiger partial charge on any atom is 0.251 e. The van der Waals surface area contributed by atoms with E-state index in [4.69, 9.17) is 0 Å². The minimum atomic E-state index is -0.329. The van der Waals surface area contributed by atoms with Gasteiger partial charge < -0.3 is 15.5 Å². The topological polar surface area (TPSA) is 78.5 Å². The Labute approximate surface area is 200 Å². The smallest absolute Gasteiger partial charge is 0.251 e. The van der Waals surface area contributed by atoms with Gasteiger partial charge in [0, 0.05) is 36.2 Å². The number of carbonyl (C=O) groups excluding carboxylic acids is 3. The number of amides is 3. The van der Waals surface area contributed by atoms with Gasteiger partial charge >= 0.3 is 0 Å². The first-order chi connectivity index (χ1) is 16.5. The van der Waals surface area contributed by atoms with E-state index in [0.29, 0.717) is 18.5 Å². The number of rotatable bonds is 8. The second-order valence-corrected chi connectivity index (χ2v) is 8.53. The van der Waals surface area contributed by atoms with Gasteiger partial charge in [-0.25, -0.2) is 0 Å². The molecule has 0 aliphatic carbocycles. The standard InChI is InChI=1S/C28H29N3O3/c1-20(27(21-9-4-2-5-10-21)22-11-6-3-7-12-22)30-25(32)19-29-28(34)23-14-16-24(17-15-23)31-18-8-13-26(31)33/h2-7,9-12,14-17,20,27H,8,13,18-19H2,1H3,(H,29,34)(H,30,32). The lowest BCUT2D eigenvalue weighted by molar-refractivity contribution is -0.121. The SMILES string of the molecule is CC(NC(=O)CNC(=O)c1ccc(N2CCCC2=O)cc1)C(c1ccccc1)c1ccccc1. The summed E-state index contributed by atoms with van der Waals surface area (Å²) in [5, 5.41) is 5.73. The van der Waals surface area contributed by atoms with E-state index in [1.807, 2.05) is 43.3 Å². The lowest BCUT2D eigenvalue weighted by atomic mass is 9.86. The van der Waals surface area contributed by atoms with E-state index >= 15 is 0 Å². The summed E-state index contributed by atoms with van der Waals surface area (Å²) in [7, 11) is 0. The number of anilines is 1. The molecule has 174 valence electrons. The summed E-state index contributed by atoms with van der Waals surface area (Å²) >= 11 is 0. The fraction of sp³-hybridized carbons (Fsp3) is 0.250. The van der Waals surface area contributed by atoms with Crippen molar-refractivity contribution < 1.29 is 14.4 Å². The highest BCUT2D eigenvalue weighted by molar-refractivity contribution is 5.98. The highest BCUT2D eigenvalue weighted by Crippen LogP contribution is 2.28. The van der Waals surface area contributed by atoms with Gasteiger partial charge in [-0.1, -0.05) is 60.7 Å². The fourth-order valence-electron chi connectivity index (χ4n) is 4.46. The molecule has 1 aliphatic rings. The molecule has 0 bridgehead atoms. The molecule has 6 heteroatoms. The van der Waals surface area contributed by atoms with Crippen molar-refractivity contribution >= 4 is 23.4 Å². The van der Waals surface area contributed by atoms with Crippen LogP contribution in [0.25, 0.3) is 0 Å². The maximum atomic E-state index is 12.7. The average Bonchev–Trinajstić information content (AvgIpc) is 3.30. The largest absolute Gasteiger partial charge is 0.351 e. The van der Waals surface area contributed by atoms with Crippen LogP contribution in [-0.4, -0.2) is 36.9 Å². The van der Waals surface area contributed by atoms with Crippen molar-refractivity contribution in [3.05, 3.63) is 102 Å². The van der Waals surface area contributed by atoms with E-state index in [-0.39, 0.29) is 36.2 Å². The highest BCUT2D eigenvalue weighted by Gasteiger charge is 2.24. The van der Waals surface area contributed by atoms with Crippen molar-refractivity contribution in [2.75, 3.05) is 18.0 Å². The summed E-state index contributed by atoms with van der Waals surface area (Å²) in [6.07, 6.45) is 1.41. The Kier molecular flexibility index (Phi) is 7.38. The Balaban J connectivity index is 1.35. The lowest BCUT2D eigenvalue weighted by Gasteiger charge is -2.26. The Bertz CT molecular complexity index is 1090. The molecule has 4 rings (SSSR count). The van der Waals surface area contributed by atoms with Gasteiger partial charge in [-0.3, -0.25) is 14.4 Å². The van der Waals surface area contributed by atoms with Crippen LogP contribution in [0.5, 0.6) is 0 Å². The Morgan fingerprint density at radius 2 is 1.47 bits per heavy atom. The number of carbonyl (C=O) groups is 3. The molecule has 3 aromatic rings. The molecule has 1 aliphatic heterocycles. The molecule has 3 amide bonds. The molecular formula is C28H29N3O3. The number of nitrogens with one attached hydrogen (secondary N) is 2. The zero-order valence-electron chi connectivity index (χ0n) is 19.2. The first kappa shape index (κ1) is 23.2. The maximum absolute atomic E-state index is 12.7. The van der Waals surface area contributed by atoms with Crippen molar-refractivity contribution in [2.45, 2.75) is 31.7 Å². The van der Waals surface area contributed by atoms with Gasteiger partial charge in [0.05, 0.1) is 6.54 Å². The zero-order chi connectivity index (χ0) is 23.9. The minimum Gasteiger partial charge on any atom is -0.351 e. The summed E-state index contributed by atoms with van der Waals surface area (Å²) in [6, 6.07) is 26.9. The second kappa shape index (κ2) is 10.8. The predicted molar refractivity (Wildman–Crippen MR) is 133 cm³/mol. The van der Waals surface area contributed by atoms with Crippen molar-refractivity contribution in [3.8, 4) is 0 Å². The normalized spacial score (nSPS) is 14.2. The van der Waals surface area contributed by atoms with E-state index < -0.39 is 0 Å². The van der Waals surface area contributed by atoms with Gasteiger partial charge in [-0.05, 0) is 48.7 Å². The van der Waals surface area contributed by atoms with E-state index in [1.54, 1.807) is 29.2 Å². The van der Waals surface area contributed by atoms with Crippen molar-refractivity contribution in [1.29, 1.82) is 0 Å². The fourth-order valence-corrected chi connectivity index (χ4v) is 4.46. The second-order valence-electron chi connectivity index (χ2n) is 8.53. The van der Waals surface area contributed by atoms with Gasteiger partial charge in [0.2, 0.25) is 11.8 Å². The van der Waals surface area contributed by atoms with Crippen molar-refractivity contribution in [1.82, 2.24) is 10.6 Å². The molecule has 0 radical (unpaired) electrons. The summed E-state index contributed by atoms with van der Waals surface area (Å²) in [5.41, 5.74) is 3.46. The molecule has 2 N–H and O–H groups in total. The molecule has 6 nitrogen and oxygen atoms in total. The van der Waals surface area contributed by atoms with E-state index in [2.05, 4.69) is 34.9 Å². The summed E-state index contributed by atoms with van der Waals surface area (Å²) < 4.78 is 0. The number of nitrogens with zero attached hydrogens (tertiary/aromatic N) is 1. The van der Waals surface area contributed by atoms with Crippen LogP contribution in [0.3, 0.4) is 0 Å². The number of hydrogen-bond donors (Lipinski definition) is 2. The third-order valence-corrected chi connectivity index (χ3v) is 6.13. The molecule has 1 atom stereocenters.